The minimum atomic E-state index is -1.12. The van der Waals surface area contributed by atoms with Crippen LogP contribution in [0, 0.1) is 0 Å². The smallest absolute Gasteiger partial charge is 0.335 e. The number of aliphatic carboxylic acids is 1. The number of ether oxygens (including phenoxy) is 1. The third kappa shape index (κ3) is 2.82. The molecule has 5 nitrogen and oxygen atoms in total. The number of carboxylic acids is 1. The number of amides is 1. The number of likely N-dealkylation sites (N-methyl/N-ethyl adjacent to an activating group) is 1. The van der Waals surface area contributed by atoms with E-state index in [2.05, 4.69) is 15.9 Å². The lowest BCUT2D eigenvalue weighted by molar-refractivity contribution is -0.172. The third-order valence-electron chi connectivity index (χ3n) is 3.19. The summed E-state index contributed by atoms with van der Waals surface area (Å²) in [5.41, 5.74) is 0.567. The Labute approximate surface area is 129 Å². The predicted molar refractivity (Wildman–Crippen MR) is 76.7 cm³/mol. The van der Waals surface area contributed by atoms with Gasteiger partial charge < -0.3 is 14.7 Å². The lowest BCUT2D eigenvalue weighted by Crippen LogP contribution is -2.51. The second kappa shape index (κ2) is 6.11. The Morgan fingerprint density at radius 2 is 2.30 bits per heavy atom. The zero-order valence-electron chi connectivity index (χ0n) is 10.7. The highest BCUT2D eigenvalue weighted by molar-refractivity contribution is 9.10. The van der Waals surface area contributed by atoms with Crippen LogP contribution >= 0.6 is 27.5 Å². The molecule has 1 N–H and O–H groups in total. The Balaban J connectivity index is 2.49. The van der Waals surface area contributed by atoms with Gasteiger partial charge in [0.05, 0.1) is 6.04 Å². The second-order valence-electron chi connectivity index (χ2n) is 4.36. The number of halogens is 2. The number of carbonyl (C=O) groups excluding carboxylic acids is 1. The van der Waals surface area contributed by atoms with Crippen LogP contribution in [-0.4, -0.2) is 41.1 Å². The SMILES string of the molecule is CCN1C(=O)COC(C(=O)O)C1c1ccc(Br)cc1Cl. The first-order valence-corrected chi connectivity index (χ1v) is 7.21. The highest BCUT2D eigenvalue weighted by atomic mass is 79.9. The van der Waals surface area contributed by atoms with E-state index in [0.29, 0.717) is 17.1 Å². The van der Waals surface area contributed by atoms with Crippen LogP contribution in [0.25, 0.3) is 0 Å². The summed E-state index contributed by atoms with van der Waals surface area (Å²) in [5.74, 6) is -1.35. The molecule has 2 rings (SSSR count). The molecule has 2 unspecified atom stereocenters. The topological polar surface area (TPSA) is 66.8 Å². The number of morpholine rings is 1. The van der Waals surface area contributed by atoms with Gasteiger partial charge in [0.15, 0.2) is 6.10 Å². The molecule has 1 aromatic rings. The average molecular weight is 363 g/mol. The van der Waals surface area contributed by atoms with Crippen LogP contribution in [-0.2, 0) is 14.3 Å². The zero-order valence-corrected chi connectivity index (χ0v) is 13.0. The molecule has 7 heteroatoms. The van der Waals surface area contributed by atoms with Crippen molar-refractivity contribution < 1.29 is 19.4 Å². The van der Waals surface area contributed by atoms with Crippen LogP contribution in [0.2, 0.25) is 5.02 Å². The molecule has 1 amide bonds. The summed E-state index contributed by atoms with van der Waals surface area (Å²) < 4.78 is 5.96. The van der Waals surface area contributed by atoms with Crippen molar-refractivity contribution >= 4 is 39.4 Å². The van der Waals surface area contributed by atoms with Crippen molar-refractivity contribution in [1.29, 1.82) is 0 Å². The van der Waals surface area contributed by atoms with Crippen molar-refractivity contribution in [3.05, 3.63) is 33.3 Å². The standard InChI is InChI=1S/C13H13BrClNO4/c1-2-16-10(17)6-20-12(13(18)19)11(16)8-4-3-7(14)5-9(8)15/h3-5,11-12H,2,6H2,1H3,(H,18,19). The molecule has 1 aliphatic rings. The predicted octanol–water partition coefficient (Wildman–Crippen LogP) is 2.48. The third-order valence-corrected chi connectivity index (χ3v) is 4.02. The molecule has 1 aliphatic heterocycles. The molecule has 1 saturated heterocycles. The van der Waals surface area contributed by atoms with Crippen LogP contribution in [0.4, 0.5) is 0 Å². The van der Waals surface area contributed by atoms with Crippen molar-refractivity contribution in [2.45, 2.75) is 19.1 Å². The molecule has 20 heavy (non-hydrogen) atoms. The molecular formula is C13H13BrClNO4. The van der Waals surface area contributed by atoms with Gasteiger partial charge in [-0.05, 0) is 24.6 Å². The molecular weight excluding hydrogens is 350 g/mol. The molecule has 0 saturated carbocycles. The van der Waals surface area contributed by atoms with Crippen molar-refractivity contribution in [3.63, 3.8) is 0 Å². The number of rotatable bonds is 3. The number of hydrogen-bond donors (Lipinski definition) is 1. The van der Waals surface area contributed by atoms with Gasteiger partial charge >= 0.3 is 5.97 Å². The number of carboxylic acid groups (broad SMARTS) is 1. The van der Waals surface area contributed by atoms with E-state index in [9.17, 15) is 14.7 Å². The first-order valence-electron chi connectivity index (χ1n) is 6.04. The minimum Gasteiger partial charge on any atom is -0.479 e. The Kier molecular flexibility index (Phi) is 4.67. The van der Waals surface area contributed by atoms with Gasteiger partial charge in [0.2, 0.25) is 5.91 Å². The van der Waals surface area contributed by atoms with Crippen molar-refractivity contribution in [1.82, 2.24) is 4.90 Å². The van der Waals surface area contributed by atoms with Gasteiger partial charge in [-0.3, -0.25) is 4.79 Å². The molecule has 0 bridgehead atoms. The van der Waals surface area contributed by atoms with Crippen molar-refractivity contribution in [2.75, 3.05) is 13.2 Å². The number of hydrogen-bond acceptors (Lipinski definition) is 3. The van der Waals surface area contributed by atoms with Crippen molar-refractivity contribution in [2.24, 2.45) is 0 Å². The van der Waals surface area contributed by atoms with Gasteiger partial charge in [0, 0.05) is 16.0 Å². The summed E-state index contributed by atoms with van der Waals surface area (Å²) in [6.45, 7) is 1.96. The molecule has 0 aliphatic carbocycles. The zero-order chi connectivity index (χ0) is 14.9. The van der Waals surface area contributed by atoms with Gasteiger partial charge in [-0.1, -0.05) is 33.6 Å². The maximum atomic E-state index is 11.9. The Hall–Kier alpha value is -1.11. The maximum absolute atomic E-state index is 11.9. The largest absolute Gasteiger partial charge is 0.479 e. The number of benzene rings is 1. The fourth-order valence-corrected chi connectivity index (χ4v) is 3.09. The van der Waals surface area contributed by atoms with Gasteiger partial charge in [-0.25, -0.2) is 4.79 Å². The van der Waals surface area contributed by atoms with E-state index in [1.165, 1.54) is 4.90 Å². The number of carbonyl (C=O) groups is 2. The average Bonchev–Trinajstić information content (AvgIpc) is 2.38. The molecule has 1 fully saturated rings. The molecule has 0 spiro atoms. The van der Waals surface area contributed by atoms with E-state index < -0.39 is 18.1 Å². The fraction of sp³-hybridized carbons (Fsp3) is 0.385. The Morgan fingerprint density at radius 3 is 2.85 bits per heavy atom. The summed E-state index contributed by atoms with van der Waals surface area (Å²) in [4.78, 5) is 24.8. The van der Waals surface area contributed by atoms with E-state index in [-0.39, 0.29) is 12.5 Å². The quantitative estimate of drug-likeness (QED) is 0.897. The second-order valence-corrected chi connectivity index (χ2v) is 5.68. The highest BCUT2D eigenvalue weighted by Crippen LogP contribution is 2.35. The van der Waals surface area contributed by atoms with E-state index >= 15 is 0 Å². The Bertz CT molecular complexity index is 549. The lowest BCUT2D eigenvalue weighted by Gasteiger charge is -2.39. The first kappa shape index (κ1) is 15.3. The summed E-state index contributed by atoms with van der Waals surface area (Å²) in [5, 5.41) is 9.70. The van der Waals surface area contributed by atoms with Gasteiger partial charge in [0.25, 0.3) is 0 Å². The normalized spacial score (nSPS) is 22.9. The summed E-state index contributed by atoms with van der Waals surface area (Å²) in [6, 6.07) is 4.41. The maximum Gasteiger partial charge on any atom is 0.335 e. The van der Waals surface area contributed by atoms with Crippen LogP contribution in [0.3, 0.4) is 0 Å². The molecule has 1 heterocycles. The fourth-order valence-electron chi connectivity index (χ4n) is 2.31. The summed E-state index contributed by atoms with van der Waals surface area (Å²) >= 11 is 9.48. The summed E-state index contributed by atoms with van der Waals surface area (Å²) in [7, 11) is 0. The van der Waals surface area contributed by atoms with Crippen LogP contribution in [0.5, 0.6) is 0 Å². The van der Waals surface area contributed by atoms with E-state index in [0.717, 1.165) is 4.47 Å². The Morgan fingerprint density at radius 1 is 1.60 bits per heavy atom. The van der Waals surface area contributed by atoms with Crippen molar-refractivity contribution in [3.8, 4) is 0 Å². The molecule has 108 valence electrons. The van der Waals surface area contributed by atoms with Crippen LogP contribution in [0.15, 0.2) is 22.7 Å². The molecule has 2 atom stereocenters. The lowest BCUT2D eigenvalue weighted by atomic mass is 9.97. The molecule has 0 aromatic heterocycles. The molecule has 0 radical (unpaired) electrons. The monoisotopic (exact) mass is 361 g/mol. The summed E-state index contributed by atoms with van der Waals surface area (Å²) in [6.07, 6.45) is -1.12. The van der Waals surface area contributed by atoms with E-state index in [1.54, 1.807) is 25.1 Å². The van der Waals surface area contributed by atoms with Crippen LogP contribution in [0.1, 0.15) is 18.5 Å². The highest BCUT2D eigenvalue weighted by Gasteiger charge is 2.42. The van der Waals surface area contributed by atoms with Gasteiger partial charge in [-0.15, -0.1) is 0 Å². The van der Waals surface area contributed by atoms with Crippen LogP contribution < -0.4 is 0 Å². The van der Waals surface area contributed by atoms with Gasteiger partial charge in [0.1, 0.15) is 6.61 Å². The van der Waals surface area contributed by atoms with Gasteiger partial charge in [-0.2, -0.15) is 0 Å². The minimum absolute atomic E-state index is 0.227. The first-order chi connectivity index (χ1) is 9.45. The number of nitrogens with zero attached hydrogens (tertiary/aromatic N) is 1. The molecule has 1 aromatic carbocycles. The van der Waals surface area contributed by atoms with E-state index in [4.69, 9.17) is 16.3 Å². The van der Waals surface area contributed by atoms with E-state index in [1.807, 2.05) is 0 Å².